The van der Waals surface area contributed by atoms with Gasteiger partial charge < -0.3 is 31.9 Å². The van der Waals surface area contributed by atoms with Gasteiger partial charge in [0.2, 0.25) is 35.4 Å². The predicted octanol–water partition coefficient (Wildman–Crippen LogP) is 0.749. The molecule has 46 heavy (non-hydrogen) atoms. The Balaban J connectivity index is 1.92. The highest BCUT2D eigenvalue weighted by Gasteiger charge is 2.31. The molecule has 2 aromatic carbocycles. The Morgan fingerprint density at radius 2 is 0.848 bits per heavy atom. The first-order chi connectivity index (χ1) is 21.9. The van der Waals surface area contributed by atoms with Crippen LogP contribution in [-0.4, -0.2) is 72.7 Å². The van der Waals surface area contributed by atoms with Crippen molar-refractivity contribution in [3.63, 3.8) is 0 Å². The van der Waals surface area contributed by atoms with Gasteiger partial charge in [-0.1, -0.05) is 88.4 Å². The van der Waals surface area contributed by atoms with Crippen molar-refractivity contribution >= 4 is 35.4 Å². The monoisotopic (exact) mass is 634 g/mol. The largest absolute Gasteiger partial charge is 0.345 e. The number of hydrogen-bond donors (Lipinski definition) is 6. The van der Waals surface area contributed by atoms with E-state index in [1.807, 2.05) is 88.4 Å². The Kier molecular flexibility index (Phi) is 13.7. The van der Waals surface area contributed by atoms with Crippen LogP contribution in [0.25, 0.3) is 0 Å². The van der Waals surface area contributed by atoms with Crippen LogP contribution in [0.2, 0.25) is 0 Å². The molecule has 248 valence electrons. The molecular formula is C34H46N6O6. The molecule has 1 aliphatic heterocycles. The van der Waals surface area contributed by atoms with Crippen molar-refractivity contribution in [2.24, 2.45) is 11.8 Å². The molecule has 0 unspecified atom stereocenters. The van der Waals surface area contributed by atoms with Gasteiger partial charge in [-0.25, -0.2) is 0 Å². The van der Waals surface area contributed by atoms with Crippen molar-refractivity contribution in [3.05, 3.63) is 71.8 Å². The fraction of sp³-hybridized carbons (Fsp3) is 0.471. The molecule has 0 radical (unpaired) electrons. The van der Waals surface area contributed by atoms with E-state index >= 15 is 0 Å². The van der Waals surface area contributed by atoms with Gasteiger partial charge in [0.05, 0.1) is 13.1 Å². The van der Waals surface area contributed by atoms with Crippen LogP contribution in [0.15, 0.2) is 60.7 Å². The average molecular weight is 635 g/mol. The van der Waals surface area contributed by atoms with E-state index in [9.17, 15) is 28.8 Å². The van der Waals surface area contributed by atoms with Crippen LogP contribution in [0.4, 0.5) is 0 Å². The summed E-state index contributed by atoms with van der Waals surface area (Å²) in [5.74, 6) is -3.50. The molecule has 3 rings (SSSR count). The molecular weight excluding hydrogens is 588 g/mol. The van der Waals surface area contributed by atoms with Gasteiger partial charge in [-0.3, -0.25) is 28.8 Å². The van der Waals surface area contributed by atoms with E-state index < -0.39 is 72.7 Å². The van der Waals surface area contributed by atoms with Gasteiger partial charge in [-0.05, 0) is 35.8 Å². The van der Waals surface area contributed by atoms with Crippen LogP contribution in [0.5, 0.6) is 0 Å². The molecule has 1 fully saturated rings. The van der Waals surface area contributed by atoms with Crippen LogP contribution in [0.1, 0.15) is 51.7 Å². The third-order valence-corrected chi connectivity index (χ3v) is 7.40. The number of benzene rings is 2. The maximum atomic E-state index is 13.5. The highest BCUT2D eigenvalue weighted by molar-refractivity contribution is 5.96. The Morgan fingerprint density at radius 1 is 0.500 bits per heavy atom. The molecule has 0 saturated carbocycles. The summed E-state index contributed by atoms with van der Waals surface area (Å²) in [5.41, 5.74) is 1.55. The Bertz CT molecular complexity index is 1300. The molecule has 2 aromatic rings. The van der Waals surface area contributed by atoms with E-state index in [1.54, 1.807) is 0 Å². The van der Waals surface area contributed by atoms with Crippen molar-refractivity contribution in [2.45, 2.75) is 77.5 Å². The first-order valence-corrected chi connectivity index (χ1v) is 15.7. The van der Waals surface area contributed by atoms with Gasteiger partial charge in [0.15, 0.2) is 0 Å². The lowest BCUT2D eigenvalue weighted by Crippen LogP contribution is -2.59. The van der Waals surface area contributed by atoms with E-state index in [2.05, 4.69) is 31.9 Å². The summed E-state index contributed by atoms with van der Waals surface area (Å²) in [7, 11) is 0. The zero-order chi connectivity index (χ0) is 33.6. The SMILES string of the molecule is CC(C)C[C@@H]1NC(=O)[C@H](Cc2ccccc2)NC(=O)CNC(=O)[C@H](Cc2ccccc2)NC(=O)[C@@H](CC(C)C)NC(=O)CNC1=O. The molecule has 0 spiro atoms. The van der Waals surface area contributed by atoms with Crippen molar-refractivity contribution in [1.29, 1.82) is 0 Å². The standard InChI is InChI=1S/C34H46N6O6/c1-21(2)15-25-31(43)35-19-29(41)37-26(16-22(3)4)33(45)40-27(17-23-11-7-5-8-12-23)32(44)36-20-30(42)38-28(34(46)39-25)18-24-13-9-6-10-14-24/h5-14,21-22,25-28H,15-20H2,1-4H3,(H,35,43)(H,36,44)(H,37,41)(H,38,42)(H,39,46)(H,40,45)/t25-,26+,27-,28-/m0/s1. The second-order valence-corrected chi connectivity index (χ2v) is 12.4. The summed E-state index contributed by atoms with van der Waals surface area (Å²) >= 11 is 0. The second kappa shape index (κ2) is 17.7. The number of carbonyl (C=O) groups excluding carboxylic acids is 6. The zero-order valence-corrected chi connectivity index (χ0v) is 26.9. The molecule has 0 aliphatic carbocycles. The van der Waals surface area contributed by atoms with Crippen molar-refractivity contribution in [3.8, 4) is 0 Å². The van der Waals surface area contributed by atoms with E-state index in [0.29, 0.717) is 0 Å². The average Bonchev–Trinajstić information content (AvgIpc) is 3.01. The van der Waals surface area contributed by atoms with Gasteiger partial charge in [-0.2, -0.15) is 0 Å². The lowest BCUT2D eigenvalue weighted by Gasteiger charge is -2.26. The number of carbonyl (C=O) groups is 6. The Labute approximate surface area is 270 Å². The summed E-state index contributed by atoms with van der Waals surface area (Å²) in [6, 6.07) is 14.1. The van der Waals surface area contributed by atoms with Crippen LogP contribution < -0.4 is 31.9 Å². The van der Waals surface area contributed by atoms with Crippen LogP contribution in [0.3, 0.4) is 0 Å². The van der Waals surface area contributed by atoms with Crippen molar-refractivity contribution < 1.29 is 28.8 Å². The quantitative estimate of drug-likeness (QED) is 0.250. The molecule has 0 bridgehead atoms. The molecule has 6 amide bonds. The summed E-state index contributed by atoms with van der Waals surface area (Å²) < 4.78 is 0. The van der Waals surface area contributed by atoms with Gasteiger partial charge >= 0.3 is 0 Å². The maximum absolute atomic E-state index is 13.5. The minimum Gasteiger partial charge on any atom is -0.345 e. The highest BCUT2D eigenvalue weighted by Crippen LogP contribution is 2.10. The number of amides is 6. The second-order valence-electron chi connectivity index (χ2n) is 12.4. The van der Waals surface area contributed by atoms with Gasteiger partial charge in [0, 0.05) is 12.8 Å². The number of hydrogen-bond acceptors (Lipinski definition) is 6. The first kappa shape index (κ1) is 35.7. The van der Waals surface area contributed by atoms with Crippen LogP contribution >= 0.6 is 0 Å². The lowest BCUT2D eigenvalue weighted by molar-refractivity contribution is -0.135. The predicted molar refractivity (Wildman–Crippen MR) is 173 cm³/mol. The Morgan fingerprint density at radius 3 is 1.30 bits per heavy atom. The van der Waals surface area contributed by atoms with E-state index in [4.69, 9.17) is 0 Å². The number of rotatable bonds is 8. The summed E-state index contributed by atoms with van der Waals surface area (Å²) in [4.78, 5) is 79.7. The van der Waals surface area contributed by atoms with Crippen LogP contribution in [0, 0.1) is 11.8 Å². The zero-order valence-electron chi connectivity index (χ0n) is 26.9. The molecule has 12 heteroatoms. The summed E-state index contributed by atoms with van der Waals surface area (Å²) in [6.07, 6.45) is 0.828. The maximum Gasteiger partial charge on any atom is 0.243 e. The molecule has 1 heterocycles. The number of nitrogens with one attached hydrogen (secondary N) is 6. The van der Waals surface area contributed by atoms with E-state index in [1.165, 1.54) is 0 Å². The van der Waals surface area contributed by atoms with Crippen molar-refractivity contribution in [1.82, 2.24) is 31.9 Å². The smallest absolute Gasteiger partial charge is 0.243 e. The molecule has 12 nitrogen and oxygen atoms in total. The molecule has 1 saturated heterocycles. The molecule has 0 aromatic heterocycles. The fourth-order valence-corrected chi connectivity index (χ4v) is 5.14. The van der Waals surface area contributed by atoms with Gasteiger partial charge in [0.1, 0.15) is 24.2 Å². The molecule has 4 atom stereocenters. The third kappa shape index (κ3) is 12.0. The normalized spacial score (nSPS) is 22.5. The third-order valence-electron chi connectivity index (χ3n) is 7.40. The molecule has 1 aliphatic rings. The minimum atomic E-state index is -1.06. The lowest BCUT2D eigenvalue weighted by atomic mass is 10.0. The highest BCUT2D eigenvalue weighted by atomic mass is 16.2. The van der Waals surface area contributed by atoms with Crippen LogP contribution in [-0.2, 0) is 41.6 Å². The summed E-state index contributed by atoms with van der Waals surface area (Å²) in [6.45, 7) is 6.69. The van der Waals surface area contributed by atoms with E-state index in [-0.39, 0.29) is 37.5 Å². The van der Waals surface area contributed by atoms with Gasteiger partial charge in [-0.15, -0.1) is 0 Å². The van der Waals surface area contributed by atoms with Gasteiger partial charge in [0.25, 0.3) is 0 Å². The van der Waals surface area contributed by atoms with E-state index in [0.717, 1.165) is 11.1 Å². The minimum absolute atomic E-state index is 0.0167. The topological polar surface area (TPSA) is 175 Å². The summed E-state index contributed by atoms with van der Waals surface area (Å²) in [5, 5.41) is 16.0. The fourth-order valence-electron chi connectivity index (χ4n) is 5.14. The Hall–Kier alpha value is -4.74. The first-order valence-electron chi connectivity index (χ1n) is 15.7. The van der Waals surface area contributed by atoms with Crippen molar-refractivity contribution in [2.75, 3.05) is 13.1 Å². The molecule has 6 N–H and O–H groups in total.